The van der Waals surface area contributed by atoms with Crippen molar-refractivity contribution < 1.29 is 9.59 Å². The lowest BCUT2D eigenvalue weighted by Gasteiger charge is -2.17. The van der Waals surface area contributed by atoms with Gasteiger partial charge in [0.2, 0.25) is 11.0 Å². The largest absolute Gasteiger partial charge is 0.343 e. The molecular formula is C13H17NO2S. The molecular weight excluding hydrogens is 234 g/mol. The van der Waals surface area contributed by atoms with E-state index in [0.717, 1.165) is 11.8 Å². The molecule has 4 heteroatoms. The van der Waals surface area contributed by atoms with E-state index in [1.807, 2.05) is 32.0 Å². The summed E-state index contributed by atoms with van der Waals surface area (Å²) in [5.41, 5.74) is 0.643. The van der Waals surface area contributed by atoms with Crippen LogP contribution < -0.4 is 0 Å². The van der Waals surface area contributed by atoms with Crippen LogP contribution in [0.3, 0.4) is 0 Å². The first-order chi connectivity index (χ1) is 8.19. The number of rotatable bonds is 5. The topological polar surface area (TPSA) is 37.4 Å². The Morgan fingerprint density at radius 3 is 2.24 bits per heavy atom. The monoisotopic (exact) mass is 251 g/mol. The van der Waals surface area contributed by atoms with Crippen LogP contribution >= 0.6 is 11.8 Å². The van der Waals surface area contributed by atoms with Crippen LogP contribution in [-0.2, 0) is 4.79 Å². The highest BCUT2D eigenvalue weighted by molar-refractivity contribution is 8.14. The summed E-state index contributed by atoms with van der Waals surface area (Å²) in [7, 11) is 0. The zero-order chi connectivity index (χ0) is 12.7. The third-order valence-electron chi connectivity index (χ3n) is 2.45. The molecule has 0 aliphatic heterocycles. The molecule has 0 aliphatic carbocycles. The fraction of sp³-hybridized carbons (Fsp3) is 0.385. The molecule has 0 atom stereocenters. The Bertz CT molecular complexity index is 374. The Kier molecular flexibility index (Phi) is 5.77. The van der Waals surface area contributed by atoms with Gasteiger partial charge in [-0.2, -0.15) is 0 Å². The van der Waals surface area contributed by atoms with E-state index in [2.05, 4.69) is 0 Å². The molecule has 0 N–H and O–H groups in total. The highest BCUT2D eigenvalue weighted by Gasteiger charge is 2.13. The predicted octanol–water partition coefficient (Wildman–Crippen LogP) is 2.43. The molecule has 0 fully saturated rings. The first-order valence-corrected chi connectivity index (χ1v) is 6.67. The Hall–Kier alpha value is -1.29. The van der Waals surface area contributed by atoms with Crippen LogP contribution in [-0.4, -0.2) is 34.8 Å². The number of hydrogen-bond acceptors (Lipinski definition) is 3. The summed E-state index contributed by atoms with van der Waals surface area (Å²) in [5, 5.41) is -0.0499. The van der Waals surface area contributed by atoms with Crippen molar-refractivity contribution in [3.63, 3.8) is 0 Å². The average molecular weight is 251 g/mol. The highest BCUT2D eigenvalue weighted by Crippen LogP contribution is 2.12. The summed E-state index contributed by atoms with van der Waals surface area (Å²) in [6.45, 7) is 5.25. The number of hydrogen-bond donors (Lipinski definition) is 0. The van der Waals surface area contributed by atoms with Crippen molar-refractivity contribution in [1.82, 2.24) is 4.90 Å². The summed E-state index contributed by atoms with van der Waals surface area (Å²) in [4.78, 5) is 25.2. The Morgan fingerprint density at radius 2 is 1.71 bits per heavy atom. The molecule has 92 valence electrons. The van der Waals surface area contributed by atoms with Gasteiger partial charge in [-0.1, -0.05) is 42.1 Å². The maximum Gasteiger partial charge on any atom is 0.233 e. The molecule has 17 heavy (non-hydrogen) atoms. The van der Waals surface area contributed by atoms with Gasteiger partial charge in [-0.25, -0.2) is 0 Å². The van der Waals surface area contributed by atoms with Gasteiger partial charge in [0, 0.05) is 18.7 Å². The molecule has 0 spiro atoms. The Morgan fingerprint density at radius 1 is 1.12 bits per heavy atom. The minimum atomic E-state index is -0.0499. The van der Waals surface area contributed by atoms with Gasteiger partial charge in [0.05, 0.1) is 5.75 Å². The van der Waals surface area contributed by atoms with Gasteiger partial charge in [-0.05, 0) is 13.8 Å². The molecule has 3 nitrogen and oxygen atoms in total. The first-order valence-electron chi connectivity index (χ1n) is 5.69. The van der Waals surface area contributed by atoms with Crippen LogP contribution in [0.4, 0.5) is 0 Å². The summed E-state index contributed by atoms with van der Waals surface area (Å²) >= 11 is 1.07. The molecule has 1 aromatic rings. The van der Waals surface area contributed by atoms with E-state index in [1.54, 1.807) is 17.0 Å². The third kappa shape index (κ3) is 4.23. The van der Waals surface area contributed by atoms with Gasteiger partial charge in [0.15, 0.2) is 0 Å². The van der Waals surface area contributed by atoms with Crippen LogP contribution in [0.15, 0.2) is 30.3 Å². The summed E-state index contributed by atoms with van der Waals surface area (Å²) in [6, 6.07) is 9.02. The van der Waals surface area contributed by atoms with Crippen LogP contribution in [0.2, 0.25) is 0 Å². The minimum Gasteiger partial charge on any atom is -0.343 e. The Labute approximate surface area is 106 Å². The van der Waals surface area contributed by atoms with Crippen molar-refractivity contribution in [1.29, 1.82) is 0 Å². The van der Waals surface area contributed by atoms with Crippen molar-refractivity contribution in [3.8, 4) is 0 Å². The molecule has 0 aliphatic rings. The van der Waals surface area contributed by atoms with E-state index in [4.69, 9.17) is 0 Å². The minimum absolute atomic E-state index is 0.0179. The molecule has 1 rings (SSSR count). The van der Waals surface area contributed by atoms with E-state index in [0.29, 0.717) is 18.7 Å². The number of thioether (sulfide) groups is 1. The van der Waals surface area contributed by atoms with Crippen LogP contribution in [0, 0.1) is 0 Å². The lowest BCUT2D eigenvalue weighted by Crippen LogP contribution is -2.32. The van der Waals surface area contributed by atoms with E-state index in [-0.39, 0.29) is 16.8 Å². The van der Waals surface area contributed by atoms with Gasteiger partial charge in [-0.3, -0.25) is 9.59 Å². The zero-order valence-corrected chi connectivity index (χ0v) is 11.0. The third-order valence-corrected chi connectivity index (χ3v) is 3.34. The van der Waals surface area contributed by atoms with Crippen molar-refractivity contribution in [2.75, 3.05) is 18.8 Å². The molecule has 0 unspecified atom stereocenters. The van der Waals surface area contributed by atoms with Crippen LogP contribution in [0.1, 0.15) is 24.2 Å². The molecule has 1 amide bonds. The second kappa shape index (κ2) is 7.12. The molecule has 0 saturated carbocycles. The second-order valence-electron chi connectivity index (χ2n) is 3.51. The maximum absolute atomic E-state index is 11.7. The zero-order valence-electron chi connectivity index (χ0n) is 10.2. The molecule has 0 heterocycles. The summed E-state index contributed by atoms with van der Waals surface area (Å²) < 4.78 is 0. The lowest BCUT2D eigenvalue weighted by molar-refractivity contribution is -0.127. The van der Waals surface area contributed by atoms with Gasteiger partial charge < -0.3 is 4.90 Å². The molecule has 0 aromatic heterocycles. The number of carbonyl (C=O) groups excluding carboxylic acids is 2. The smallest absolute Gasteiger partial charge is 0.233 e. The van der Waals surface area contributed by atoms with Crippen LogP contribution in [0.5, 0.6) is 0 Å². The standard InChI is InChI=1S/C13H17NO2S/c1-3-14(4-2)12(15)10-17-13(16)11-8-6-5-7-9-11/h5-9H,3-4,10H2,1-2H3. The summed E-state index contributed by atoms with van der Waals surface area (Å²) in [5.74, 6) is 0.236. The number of nitrogens with zero attached hydrogens (tertiary/aromatic N) is 1. The molecule has 1 aromatic carbocycles. The first kappa shape index (κ1) is 13.8. The quantitative estimate of drug-likeness (QED) is 0.806. The van der Waals surface area contributed by atoms with Crippen molar-refractivity contribution in [3.05, 3.63) is 35.9 Å². The number of carbonyl (C=O) groups is 2. The second-order valence-corrected chi connectivity index (χ2v) is 4.46. The van der Waals surface area contributed by atoms with E-state index < -0.39 is 0 Å². The van der Waals surface area contributed by atoms with E-state index >= 15 is 0 Å². The van der Waals surface area contributed by atoms with Crippen LogP contribution in [0.25, 0.3) is 0 Å². The van der Waals surface area contributed by atoms with E-state index in [9.17, 15) is 9.59 Å². The lowest BCUT2D eigenvalue weighted by atomic mass is 10.2. The normalized spacial score (nSPS) is 10.0. The van der Waals surface area contributed by atoms with Gasteiger partial charge in [0.25, 0.3) is 0 Å². The molecule has 0 radical (unpaired) electrons. The average Bonchev–Trinajstić information content (AvgIpc) is 2.38. The Balaban J connectivity index is 2.46. The summed E-state index contributed by atoms with van der Waals surface area (Å²) in [6.07, 6.45) is 0. The fourth-order valence-electron chi connectivity index (χ4n) is 1.45. The van der Waals surface area contributed by atoms with Crippen molar-refractivity contribution in [2.24, 2.45) is 0 Å². The fourth-order valence-corrected chi connectivity index (χ4v) is 2.19. The SMILES string of the molecule is CCN(CC)C(=O)CSC(=O)c1ccccc1. The van der Waals surface area contributed by atoms with Crippen molar-refractivity contribution >= 4 is 22.8 Å². The highest BCUT2D eigenvalue weighted by atomic mass is 32.2. The van der Waals surface area contributed by atoms with Gasteiger partial charge in [0.1, 0.15) is 0 Å². The molecule has 0 saturated heterocycles. The molecule has 0 bridgehead atoms. The number of amides is 1. The van der Waals surface area contributed by atoms with Gasteiger partial charge >= 0.3 is 0 Å². The maximum atomic E-state index is 11.7. The number of benzene rings is 1. The van der Waals surface area contributed by atoms with Crippen molar-refractivity contribution in [2.45, 2.75) is 13.8 Å². The van der Waals surface area contributed by atoms with Gasteiger partial charge in [-0.15, -0.1) is 0 Å². The predicted molar refractivity (Wildman–Crippen MR) is 71.2 cm³/mol. The van der Waals surface area contributed by atoms with E-state index in [1.165, 1.54) is 0 Å².